The van der Waals surface area contributed by atoms with E-state index < -0.39 is 0 Å². The quantitative estimate of drug-likeness (QED) is 0.303. The van der Waals surface area contributed by atoms with E-state index in [2.05, 4.69) is 39.0 Å². The molecule has 4 bridgehead atoms. The van der Waals surface area contributed by atoms with Crippen LogP contribution in [0, 0.1) is 0 Å². The third kappa shape index (κ3) is 5.42. The molecule has 1 saturated heterocycles. The number of amides is 2. The van der Waals surface area contributed by atoms with E-state index in [0.717, 1.165) is 53.2 Å². The lowest BCUT2D eigenvalue weighted by molar-refractivity contribution is -0.121. The first-order valence-electron chi connectivity index (χ1n) is 14.4. The number of methoxy groups -OCH3 is 1. The molecule has 4 aliphatic rings. The fourth-order valence-corrected chi connectivity index (χ4v) is 6.18. The Bertz CT molecular complexity index is 1510. The summed E-state index contributed by atoms with van der Waals surface area (Å²) in [7, 11) is 1.66. The summed E-state index contributed by atoms with van der Waals surface area (Å²) in [6.45, 7) is 3.33. The maximum atomic E-state index is 13.2. The van der Waals surface area contributed by atoms with Crippen LogP contribution in [0.25, 0.3) is 0 Å². The Morgan fingerprint density at radius 3 is 2.52 bits per heavy atom. The predicted molar refractivity (Wildman–Crippen MR) is 165 cm³/mol. The Morgan fingerprint density at radius 1 is 0.952 bits per heavy atom. The molecule has 0 aliphatic carbocycles. The number of hydrogen-bond acceptors (Lipinski definition) is 7. The van der Waals surface area contributed by atoms with E-state index >= 15 is 0 Å². The van der Waals surface area contributed by atoms with E-state index in [-0.39, 0.29) is 36.6 Å². The van der Waals surface area contributed by atoms with Crippen LogP contribution in [0.5, 0.6) is 5.75 Å². The Labute approximate surface area is 250 Å². The Hall–Kier alpha value is -4.08. The number of halogens is 1. The van der Waals surface area contributed by atoms with Gasteiger partial charge in [0.15, 0.2) is 0 Å². The smallest absolute Gasteiger partial charge is 0.251 e. The van der Waals surface area contributed by atoms with Crippen LogP contribution < -0.4 is 30.7 Å². The molecule has 218 valence electrons. The lowest BCUT2D eigenvalue weighted by Crippen LogP contribution is -2.48. The van der Waals surface area contributed by atoms with E-state index in [0.29, 0.717) is 23.7 Å². The minimum absolute atomic E-state index is 0.0335. The molecule has 3 N–H and O–H groups in total. The van der Waals surface area contributed by atoms with Gasteiger partial charge in [-0.05, 0) is 74.7 Å². The molecule has 3 atom stereocenters. The van der Waals surface area contributed by atoms with Gasteiger partial charge < -0.3 is 20.3 Å². The predicted octanol–water partition coefficient (Wildman–Crippen LogP) is 4.49. The second kappa shape index (κ2) is 12.0. The van der Waals surface area contributed by atoms with E-state index in [9.17, 15) is 9.59 Å². The van der Waals surface area contributed by atoms with Crippen molar-refractivity contribution in [3.63, 3.8) is 0 Å². The van der Waals surface area contributed by atoms with Crippen molar-refractivity contribution in [2.24, 2.45) is 4.99 Å². The summed E-state index contributed by atoms with van der Waals surface area (Å²) in [5, 5.41) is 8.82. The molecule has 3 aromatic carbocycles. The van der Waals surface area contributed by atoms with Gasteiger partial charge >= 0.3 is 0 Å². The fourth-order valence-electron chi connectivity index (χ4n) is 6.01. The number of anilines is 2. The zero-order valence-electron chi connectivity index (χ0n) is 23.8. The van der Waals surface area contributed by atoms with Crippen LogP contribution in [0.1, 0.15) is 54.1 Å². The molecule has 2 amide bonds. The summed E-state index contributed by atoms with van der Waals surface area (Å²) in [5.41, 5.74) is 9.06. The summed E-state index contributed by atoms with van der Waals surface area (Å²) in [6, 6.07) is 20.8. The molecule has 9 nitrogen and oxygen atoms in total. The van der Waals surface area contributed by atoms with E-state index in [1.54, 1.807) is 19.2 Å². The van der Waals surface area contributed by atoms with Gasteiger partial charge in [0.1, 0.15) is 18.1 Å². The third-order valence-corrected chi connectivity index (χ3v) is 8.35. The molecule has 4 heterocycles. The Kier molecular flexibility index (Phi) is 8.04. The second-order valence-electron chi connectivity index (χ2n) is 10.8. The summed E-state index contributed by atoms with van der Waals surface area (Å²) in [5.74, 6) is 0.657. The lowest BCUT2D eigenvalue weighted by Gasteiger charge is -2.33. The number of carbonyl (C=O) groups excluding carboxylic acids is 2. The Balaban J connectivity index is 1.12. The van der Waals surface area contributed by atoms with Gasteiger partial charge in [-0.15, -0.1) is 0 Å². The van der Waals surface area contributed by atoms with Crippen LogP contribution in [0.4, 0.5) is 11.4 Å². The second-order valence-corrected chi connectivity index (χ2v) is 11.2. The number of nitrogens with zero attached hydrogens (tertiary/aromatic N) is 3. The van der Waals surface area contributed by atoms with Crippen LogP contribution in [0.3, 0.4) is 0 Å². The summed E-state index contributed by atoms with van der Waals surface area (Å²) >= 11 is 6.43. The highest BCUT2D eigenvalue weighted by atomic mass is 35.5. The topological polar surface area (TPSA) is 98.3 Å². The van der Waals surface area contributed by atoms with Crippen LogP contribution in [-0.2, 0) is 4.79 Å². The standard InChI is InChI=1S/C32H35ClN6O3/c1-20-38-27-14-12-23(42-2)18-25(27)30-24-13-11-22(33)17-28(24)39(20)37-31(38)26(36-30)19-29(40)34-15-7-4-8-16-35-32(41)21-9-5-3-6-10-21/h3,5-6,9-14,17-18,20,26,31,37H,4,7-8,15-16,19H2,1-2H3,(H,34,40)(H,35,41)/t20?,26-,31?/m0/s1. The minimum atomic E-state index is -0.317. The molecule has 1 fully saturated rings. The molecule has 3 aromatic rings. The normalized spacial score (nSPS) is 19.8. The maximum absolute atomic E-state index is 13.2. The van der Waals surface area contributed by atoms with Gasteiger partial charge in [-0.1, -0.05) is 29.8 Å². The first-order valence-corrected chi connectivity index (χ1v) is 14.8. The summed E-state index contributed by atoms with van der Waals surface area (Å²) in [4.78, 5) is 32.9. The van der Waals surface area contributed by atoms with Gasteiger partial charge in [0.2, 0.25) is 5.91 Å². The highest BCUT2D eigenvalue weighted by Crippen LogP contribution is 2.43. The monoisotopic (exact) mass is 586 g/mol. The number of hydrazine groups is 1. The lowest BCUT2D eigenvalue weighted by atomic mass is 9.96. The SMILES string of the molecule is COc1ccc2c(c1)C1=N[C@@H](CC(=O)NCCCCCNC(=O)c3ccccc3)C3NN(c4cc(Cl)ccc41)C(C)N23. The van der Waals surface area contributed by atoms with E-state index in [1.807, 2.05) is 48.5 Å². The highest BCUT2D eigenvalue weighted by Gasteiger charge is 2.47. The molecule has 7 rings (SSSR count). The largest absolute Gasteiger partial charge is 0.497 e. The number of unbranched alkanes of at least 4 members (excludes halogenated alkanes) is 2. The van der Waals surface area contributed by atoms with Crippen molar-refractivity contribution >= 4 is 40.5 Å². The van der Waals surface area contributed by atoms with Crippen molar-refractivity contribution in [1.82, 2.24) is 16.1 Å². The van der Waals surface area contributed by atoms with Gasteiger partial charge in [-0.3, -0.25) is 19.6 Å². The van der Waals surface area contributed by atoms with Gasteiger partial charge in [0, 0.05) is 40.5 Å². The highest BCUT2D eigenvalue weighted by molar-refractivity contribution is 6.31. The molecule has 0 radical (unpaired) electrons. The number of nitrogens with one attached hydrogen (secondary N) is 3. The molecular weight excluding hydrogens is 552 g/mol. The van der Waals surface area contributed by atoms with Crippen molar-refractivity contribution < 1.29 is 14.3 Å². The van der Waals surface area contributed by atoms with E-state index in [4.69, 9.17) is 21.3 Å². The third-order valence-electron chi connectivity index (χ3n) is 8.11. The molecule has 2 unspecified atom stereocenters. The van der Waals surface area contributed by atoms with Crippen LogP contribution >= 0.6 is 11.6 Å². The van der Waals surface area contributed by atoms with Crippen molar-refractivity contribution in [3.8, 4) is 5.75 Å². The van der Waals surface area contributed by atoms with Gasteiger partial charge in [0.25, 0.3) is 5.91 Å². The molecule has 0 spiro atoms. The first kappa shape index (κ1) is 28.1. The maximum Gasteiger partial charge on any atom is 0.251 e. The molecule has 0 saturated carbocycles. The van der Waals surface area contributed by atoms with Crippen molar-refractivity contribution in [2.45, 2.75) is 51.0 Å². The van der Waals surface area contributed by atoms with Gasteiger partial charge in [0.05, 0.1) is 31.0 Å². The number of ether oxygens (including phenoxy) is 1. The first-order chi connectivity index (χ1) is 20.4. The summed E-state index contributed by atoms with van der Waals surface area (Å²) < 4.78 is 5.57. The Morgan fingerprint density at radius 2 is 1.74 bits per heavy atom. The fraction of sp³-hybridized carbons (Fsp3) is 0.344. The number of carbonyl (C=O) groups is 2. The minimum Gasteiger partial charge on any atom is -0.497 e. The number of aliphatic imine (C=N–C) groups is 1. The summed E-state index contributed by atoms with van der Waals surface area (Å²) in [6.07, 6.45) is 2.59. The average Bonchev–Trinajstić information content (AvgIpc) is 3.31. The zero-order chi connectivity index (χ0) is 29.2. The number of rotatable bonds is 10. The molecule has 4 aliphatic heterocycles. The molecule has 10 heteroatoms. The van der Waals surface area contributed by atoms with Crippen molar-refractivity contribution in [1.29, 1.82) is 0 Å². The molecular formula is C32H35ClN6O3. The van der Waals surface area contributed by atoms with Crippen LogP contribution in [-0.4, -0.2) is 56.1 Å². The number of fused-ring (bicyclic) bond motifs is 1. The zero-order valence-corrected chi connectivity index (χ0v) is 24.5. The molecule has 42 heavy (non-hydrogen) atoms. The number of hydrogen-bond donors (Lipinski definition) is 3. The van der Waals surface area contributed by atoms with Crippen LogP contribution in [0.15, 0.2) is 71.7 Å². The average molecular weight is 587 g/mol. The van der Waals surface area contributed by atoms with E-state index in [1.165, 1.54) is 0 Å². The van der Waals surface area contributed by atoms with Crippen LogP contribution in [0.2, 0.25) is 5.02 Å². The number of benzene rings is 3. The van der Waals surface area contributed by atoms with Crippen molar-refractivity contribution in [3.05, 3.63) is 88.4 Å². The van der Waals surface area contributed by atoms with Gasteiger partial charge in [-0.2, -0.15) is 0 Å². The van der Waals surface area contributed by atoms with Gasteiger partial charge in [-0.25, -0.2) is 5.43 Å². The van der Waals surface area contributed by atoms with Crippen molar-refractivity contribution in [2.75, 3.05) is 30.1 Å². The molecule has 0 aromatic heterocycles.